The monoisotopic (exact) mass is 268 g/mol. The number of benzene rings is 1. The van der Waals surface area contributed by atoms with Gasteiger partial charge in [-0.1, -0.05) is 19.1 Å². The van der Waals surface area contributed by atoms with E-state index in [1.807, 2.05) is 38.1 Å². The SMILES string of the molecule is CCc1nc(N)c(C)c(Oc2ccc(CC#N)cc2)n1. The molecule has 1 aromatic heterocycles. The summed E-state index contributed by atoms with van der Waals surface area (Å²) in [5.41, 5.74) is 7.52. The molecule has 0 amide bonds. The topological polar surface area (TPSA) is 84.8 Å². The van der Waals surface area contributed by atoms with Crippen LogP contribution in [0.5, 0.6) is 11.6 Å². The molecule has 5 heteroatoms. The second kappa shape index (κ2) is 6.02. The van der Waals surface area contributed by atoms with Crippen LogP contribution in [0.25, 0.3) is 0 Å². The van der Waals surface area contributed by atoms with Gasteiger partial charge in [-0.2, -0.15) is 10.2 Å². The summed E-state index contributed by atoms with van der Waals surface area (Å²) in [5, 5.41) is 8.64. The van der Waals surface area contributed by atoms with E-state index in [-0.39, 0.29) is 0 Å². The van der Waals surface area contributed by atoms with Crippen molar-refractivity contribution in [2.75, 3.05) is 5.73 Å². The Hall–Kier alpha value is -2.61. The Labute approximate surface area is 118 Å². The number of rotatable bonds is 4. The van der Waals surface area contributed by atoms with Crippen molar-refractivity contribution in [2.24, 2.45) is 0 Å². The molecular weight excluding hydrogens is 252 g/mol. The molecule has 2 rings (SSSR count). The molecule has 0 saturated heterocycles. The van der Waals surface area contributed by atoms with Crippen molar-refractivity contribution in [1.29, 1.82) is 5.26 Å². The zero-order valence-electron chi connectivity index (χ0n) is 11.6. The highest BCUT2D eigenvalue weighted by Gasteiger charge is 2.10. The Morgan fingerprint density at radius 3 is 2.55 bits per heavy atom. The minimum atomic E-state index is 0.389. The Bertz CT molecular complexity index is 644. The van der Waals surface area contributed by atoms with E-state index < -0.39 is 0 Å². The maximum atomic E-state index is 8.64. The van der Waals surface area contributed by atoms with Crippen molar-refractivity contribution in [1.82, 2.24) is 9.97 Å². The van der Waals surface area contributed by atoms with Crippen LogP contribution in [-0.2, 0) is 12.8 Å². The number of nitrogens with two attached hydrogens (primary N) is 1. The molecule has 2 aromatic rings. The van der Waals surface area contributed by atoms with Gasteiger partial charge in [-0.05, 0) is 24.6 Å². The first-order valence-electron chi connectivity index (χ1n) is 6.40. The smallest absolute Gasteiger partial charge is 0.227 e. The molecule has 0 spiro atoms. The lowest BCUT2D eigenvalue weighted by Gasteiger charge is -2.10. The van der Waals surface area contributed by atoms with Crippen LogP contribution >= 0.6 is 0 Å². The molecule has 0 aliphatic rings. The second-order valence-electron chi connectivity index (χ2n) is 4.39. The molecular formula is C15H16N4O. The summed E-state index contributed by atoms with van der Waals surface area (Å²) >= 11 is 0. The van der Waals surface area contributed by atoms with Gasteiger partial charge in [0.05, 0.1) is 18.1 Å². The summed E-state index contributed by atoms with van der Waals surface area (Å²) < 4.78 is 5.75. The molecule has 0 unspecified atom stereocenters. The maximum absolute atomic E-state index is 8.64. The first kappa shape index (κ1) is 13.8. The molecule has 2 N–H and O–H groups in total. The Morgan fingerprint density at radius 2 is 1.95 bits per heavy atom. The van der Waals surface area contributed by atoms with Gasteiger partial charge >= 0.3 is 0 Å². The summed E-state index contributed by atoms with van der Waals surface area (Å²) in [6.45, 7) is 3.79. The molecule has 102 valence electrons. The number of nitrogens with zero attached hydrogens (tertiary/aromatic N) is 3. The molecule has 1 aromatic carbocycles. The fourth-order valence-corrected chi connectivity index (χ4v) is 1.69. The summed E-state index contributed by atoms with van der Waals surface area (Å²) in [7, 11) is 0. The molecule has 0 fully saturated rings. The summed E-state index contributed by atoms with van der Waals surface area (Å²) in [6.07, 6.45) is 1.09. The van der Waals surface area contributed by atoms with Crippen molar-refractivity contribution in [3.8, 4) is 17.7 Å². The van der Waals surface area contributed by atoms with Crippen LogP contribution in [0, 0.1) is 18.3 Å². The van der Waals surface area contributed by atoms with Crippen molar-refractivity contribution in [3.05, 3.63) is 41.2 Å². The van der Waals surface area contributed by atoms with E-state index in [0.717, 1.165) is 11.1 Å². The zero-order chi connectivity index (χ0) is 14.5. The minimum Gasteiger partial charge on any atom is -0.439 e. The van der Waals surface area contributed by atoms with Crippen molar-refractivity contribution in [2.45, 2.75) is 26.7 Å². The predicted octanol–water partition coefficient (Wildman–Crippen LogP) is 2.79. The van der Waals surface area contributed by atoms with Gasteiger partial charge in [0.15, 0.2) is 0 Å². The summed E-state index contributed by atoms with van der Waals surface area (Å²) in [6, 6.07) is 9.46. The Kier molecular flexibility index (Phi) is 4.16. The molecule has 0 atom stereocenters. The van der Waals surface area contributed by atoms with Crippen LogP contribution in [0.15, 0.2) is 24.3 Å². The predicted molar refractivity (Wildman–Crippen MR) is 76.4 cm³/mol. The lowest BCUT2D eigenvalue weighted by atomic mass is 10.2. The van der Waals surface area contributed by atoms with Gasteiger partial charge in [-0.15, -0.1) is 0 Å². The van der Waals surface area contributed by atoms with Gasteiger partial charge in [0.1, 0.15) is 17.4 Å². The summed E-state index contributed by atoms with van der Waals surface area (Å²) in [4.78, 5) is 8.52. The number of ether oxygens (including phenoxy) is 1. The van der Waals surface area contributed by atoms with E-state index in [9.17, 15) is 0 Å². The number of hydrogen-bond acceptors (Lipinski definition) is 5. The Morgan fingerprint density at radius 1 is 1.25 bits per heavy atom. The van der Waals surface area contributed by atoms with E-state index in [0.29, 0.717) is 36.1 Å². The van der Waals surface area contributed by atoms with Gasteiger partial charge in [-0.3, -0.25) is 0 Å². The first-order chi connectivity index (χ1) is 9.63. The van der Waals surface area contributed by atoms with Crippen LogP contribution in [0.2, 0.25) is 0 Å². The quantitative estimate of drug-likeness (QED) is 0.921. The fraction of sp³-hybridized carbons (Fsp3) is 0.267. The van der Waals surface area contributed by atoms with E-state index in [1.165, 1.54) is 0 Å². The number of nitrogen functional groups attached to an aromatic ring is 1. The van der Waals surface area contributed by atoms with Gasteiger partial charge in [-0.25, -0.2) is 4.98 Å². The number of hydrogen-bond donors (Lipinski definition) is 1. The lowest BCUT2D eigenvalue weighted by Crippen LogP contribution is -2.04. The van der Waals surface area contributed by atoms with Gasteiger partial charge < -0.3 is 10.5 Å². The Balaban J connectivity index is 2.25. The van der Waals surface area contributed by atoms with Crippen LogP contribution < -0.4 is 10.5 Å². The van der Waals surface area contributed by atoms with Crippen LogP contribution in [0.1, 0.15) is 23.9 Å². The number of anilines is 1. The highest BCUT2D eigenvalue weighted by atomic mass is 16.5. The zero-order valence-corrected chi connectivity index (χ0v) is 11.6. The van der Waals surface area contributed by atoms with E-state index in [4.69, 9.17) is 15.7 Å². The van der Waals surface area contributed by atoms with Gasteiger partial charge in [0.2, 0.25) is 5.88 Å². The third kappa shape index (κ3) is 3.04. The van der Waals surface area contributed by atoms with E-state index in [1.54, 1.807) is 0 Å². The van der Waals surface area contributed by atoms with Gasteiger partial charge in [0.25, 0.3) is 0 Å². The molecule has 0 aliphatic carbocycles. The fourth-order valence-electron chi connectivity index (χ4n) is 1.69. The highest BCUT2D eigenvalue weighted by molar-refractivity contribution is 5.46. The van der Waals surface area contributed by atoms with Crippen LogP contribution in [0.3, 0.4) is 0 Å². The largest absolute Gasteiger partial charge is 0.439 e. The lowest BCUT2D eigenvalue weighted by molar-refractivity contribution is 0.455. The summed E-state index contributed by atoms with van der Waals surface area (Å²) in [5.74, 6) is 2.23. The third-order valence-electron chi connectivity index (χ3n) is 2.92. The van der Waals surface area contributed by atoms with Gasteiger partial charge in [0, 0.05) is 6.42 Å². The molecule has 0 radical (unpaired) electrons. The molecule has 0 saturated carbocycles. The van der Waals surface area contributed by atoms with Crippen molar-refractivity contribution >= 4 is 5.82 Å². The van der Waals surface area contributed by atoms with Crippen LogP contribution in [-0.4, -0.2) is 9.97 Å². The third-order valence-corrected chi connectivity index (χ3v) is 2.92. The first-order valence-corrected chi connectivity index (χ1v) is 6.40. The molecule has 20 heavy (non-hydrogen) atoms. The maximum Gasteiger partial charge on any atom is 0.227 e. The molecule has 1 heterocycles. The average Bonchev–Trinajstić information content (AvgIpc) is 2.46. The highest BCUT2D eigenvalue weighted by Crippen LogP contribution is 2.26. The molecule has 5 nitrogen and oxygen atoms in total. The standard InChI is InChI=1S/C15H16N4O/c1-3-13-18-14(17)10(2)15(19-13)20-12-6-4-11(5-7-12)8-9-16/h4-7H,3,8H2,1-2H3,(H2,17,18,19). The van der Waals surface area contributed by atoms with E-state index >= 15 is 0 Å². The minimum absolute atomic E-state index is 0.389. The normalized spacial score (nSPS) is 10.1. The van der Waals surface area contributed by atoms with Crippen LogP contribution in [0.4, 0.5) is 5.82 Å². The van der Waals surface area contributed by atoms with Crippen molar-refractivity contribution in [3.63, 3.8) is 0 Å². The second-order valence-corrected chi connectivity index (χ2v) is 4.39. The number of aromatic nitrogens is 2. The van der Waals surface area contributed by atoms with E-state index in [2.05, 4.69) is 16.0 Å². The molecule has 0 bridgehead atoms. The number of aryl methyl sites for hydroxylation is 1. The molecule has 0 aliphatic heterocycles. The van der Waals surface area contributed by atoms with Crippen molar-refractivity contribution < 1.29 is 4.74 Å². The average molecular weight is 268 g/mol. The number of nitriles is 1.